The summed E-state index contributed by atoms with van der Waals surface area (Å²) in [5, 5.41) is 10.4. The van der Waals surface area contributed by atoms with E-state index in [9.17, 15) is 14.9 Å². The molecule has 0 saturated carbocycles. The first-order valence-corrected chi connectivity index (χ1v) is 5.49. The van der Waals surface area contributed by atoms with Crippen molar-refractivity contribution in [3.05, 3.63) is 28.3 Å². The zero-order chi connectivity index (χ0) is 13.0. The van der Waals surface area contributed by atoms with Gasteiger partial charge in [-0.3, -0.25) is 14.9 Å². The molecule has 0 aliphatic carbocycles. The molecule has 1 rings (SSSR count). The molecule has 0 spiro atoms. The van der Waals surface area contributed by atoms with Crippen LogP contribution in [0, 0.1) is 10.1 Å². The zero-order valence-electron chi connectivity index (χ0n) is 9.67. The summed E-state index contributed by atoms with van der Waals surface area (Å²) in [6.45, 7) is 0. The molecule has 0 saturated heterocycles. The van der Waals surface area contributed by atoms with Crippen LogP contribution in [0.1, 0.15) is 0 Å². The van der Waals surface area contributed by atoms with Gasteiger partial charge >= 0.3 is 0 Å². The lowest BCUT2D eigenvalue weighted by Gasteiger charge is -2.11. The van der Waals surface area contributed by atoms with Crippen LogP contribution in [0.15, 0.2) is 23.1 Å². The lowest BCUT2D eigenvalue weighted by molar-refractivity contribution is -0.385. The average molecular weight is 256 g/mol. The molecule has 0 aliphatic rings. The van der Waals surface area contributed by atoms with Crippen molar-refractivity contribution in [1.29, 1.82) is 0 Å². The van der Waals surface area contributed by atoms with Crippen molar-refractivity contribution in [2.75, 3.05) is 21.2 Å². The van der Waals surface area contributed by atoms with Crippen molar-refractivity contribution in [2.45, 2.75) is 4.90 Å². The van der Waals surface area contributed by atoms with Crippen LogP contribution < -0.4 is 4.74 Å². The largest absolute Gasteiger partial charge is 0.495 e. The minimum Gasteiger partial charge on any atom is -0.495 e. The van der Waals surface area contributed by atoms with Gasteiger partial charge in [0.05, 0.1) is 23.0 Å². The molecule has 0 radical (unpaired) electrons. The maximum Gasteiger partial charge on any atom is 0.286 e. The van der Waals surface area contributed by atoms with Crippen LogP contribution in [-0.2, 0) is 0 Å². The summed E-state index contributed by atoms with van der Waals surface area (Å²) < 4.78 is 5.02. The molecule has 1 aromatic carbocycles. The van der Waals surface area contributed by atoms with E-state index in [1.54, 1.807) is 14.1 Å². The number of amides is 1. The number of benzene rings is 1. The predicted octanol–water partition coefficient (Wildman–Crippen LogP) is 2.38. The molecule has 1 aromatic rings. The number of hydrogen-bond acceptors (Lipinski definition) is 5. The Balaban J connectivity index is 3.01. The highest BCUT2D eigenvalue weighted by Gasteiger charge is 2.15. The minimum absolute atomic E-state index is 0.0662. The highest BCUT2D eigenvalue weighted by atomic mass is 32.2. The number of methoxy groups -OCH3 is 1. The van der Waals surface area contributed by atoms with Gasteiger partial charge in [-0.2, -0.15) is 0 Å². The van der Waals surface area contributed by atoms with Crippen molar-refractivity contribution in [2.24, 2.45) is 0 Å². The molecule has 0 bridgehead atoms. The van der Waals surface area contributed by atoms with Crippen molar-refractivity contribution >= 4 is 22.7 Å². The molecule has 0 heterocycles. The summed E-state index contributed by atoms with van der Waals surface area (Å²) in [5.41, 5.74) is -0.0662. The lowest BCUT2D eigenvalue weighted by Crippen LogP contribution is -2.16. The summed E-state index contributed by atoms with van der Waals surface area (Å²) in [7, 11) is 4.67. The first kappa shape index (κ1) is 13.3. The Labute approximate surface area is 103 Å². The average Bonchev–Trinajstić information content (AvgIpc) is 2.28. The third kappa shape index (κ3) is 3.35. The molecule has 0 atom stereocenters. The molecular weight excluding hydrogens is 244 g/mol. The third-order valence-corrected chi connectivity index (χ3v) is 3.02. The molecule has 92 valence electrons. The van der Waals surface area contributed by atoms with E-state index in [1.807, 2.05) is 0 Å². The van der Waals surface area contributed by atoms with Crippen LogP contribution in [0.5, 0.6) is 5.75 Å². The Morgan fingerprint density at radius 2 is 2.12 bits per heavy atom. The second kappa shape index (κ2) is 5.53. The summed E-state index contributed by atoms with van der Waals surface area (Å²) >= 11 is 0.963. The van der Waals surface area contributed by atoms with Gasteiger partial charge in [0.25, 0.3) is 10.9 Å². The molecule has 0 aromatic heterocycles. The van der Waals surface area contributed by atoms with Crippen LogP contribution in [-0.4, -0.2) is 36.3 Å². The molecule has 17 heavy (non-hydrogen) atoms. The Morgan fingerprint density at radius 3 is 2.59 bits per heavy atom. The van der Waals surface area contributed by atoms with Crippen molar-refractivity contribution in [1.82, 2.24) is 4.90 Å². The predicted molar refractivity (Wildman–Crippen MR) is 64.6 cm³/mol. The number of non-ortho nitro benzene ring substituents is 1. The van der Waals surface area contributed by atoms with E-state index < -0.39 is 4.92 Å². The number of carbonyl (C=O) groups excluding carboxylic acids is 1. The number of hydrogen-bond donors (Lipinski definition) is 0. The zero-order valence-corrected chi connectivity index (χ0v) is 10.5. The molecular formula is C10H12N2O4S. The monoisotopic (exact) mass is 256 g/mol. The van der Waals surface area contributed by atoms with Crippen molar-refractivity contribution < 1.29 is 14.5 Å². The summed E-state index contributed by atoms with van der Waals surface area (Å²) in [6, 6.07) is 4.14. The van der Waals surface area contributed by atoms with Gasteiger partial charge in [-0.25, -0.2) is 0 Å². The van der Waals surface area contributed by atoms with E-state index >= 15 is 0 Å². The highest BCUT2D eigenvalue weighted by molar-refractivity contribution is 8.13. The minimum atomic E-state index is -0.509. The van der Waals surface area contributed by atoms with Crippen LogP contribution in [0.2, 0.25) is 0 Å². The standard InChI is InChI=1S/C10H12N2O4S/c1-11(2)10(13)17-9-5-4-7(12(14)15)6-8(9)16-3/h4-6H,1-3H3. The maximum absolute atomic E-state index is 11.5. The van der Waals surface area contributed by atoms with E-state index in [1.165, 1.54) is 30.2 Å². The SMILES string of the molecule is COc1cc([N+](=O)[O-])ccc1SC(=O)N(C)C. The molecule has 0 N–H and O–H groups in total. The molecule has 0 fully saturated rings. The fraction of sp³-hybridized carbons (Fsp3) is 0.300. The number of thioether (sulfide) groups is 1. The fourth-order valence-corrected chi connectivity index (χ4v) is 1.79. The number of nitrogens with zero attached hydrogens (tertiary/aromatic N) is 2. The third-order valence-electron chi connectivity index (χ3n) is 1.92. The van der Waals surface area contributed by atoms with Gasteiger partial charge in [0.15, 0.2) is 0 Å². The quantitative estimate of drug-likeness (QED) is 0.471. The summed E-state index contributed by atoms with van der Waals surface area (Å²) in [5.74, 6) is 0.319. The summed E-state index contributed by atoms with van der Waals surface area (Å²) in [6.07, 6.45) is 0. The van der Waals surface area contributed by atoms with Gasteiger partial charge in [0, 0.05) is 20.2 Å². The van der Waals surface area contributed by atoms with Crippen LogP contribution in [0.3, 0.4) is 0 Å². The number of nitro groups is 1. The Hall–Kier alpha value is -1.76. The second-order valence-corrected chi connectivity index (χ2v) is 4.35. The number of ether oxygens (including phenoxy) is 1. The topological polar surface area (TPSA) is 72.7 Å². The molecule has 6 nitrogen and oxygen atoms in total. The second-order valence-electron chi connectivity index (χ2n) is 3.35. The highest BCUT2D eigenvalue weighted by Crippen LogP contribution is 2.33. The Kier molecular flexibility index (Phi) is 4.33. The smallest absolute Gasteiger partial charge is 0.286 e. The molecule has 0 unspecified atom stereocenters. The molecule has 7 heteroatoms. The van der Waals surface area contributed by atoms with Crippen LogP contribution in [0.25, 0.3) is 0 Å². The van der Waals surface area contributed by atoms with Crippen LogP contribution in [0.4, 0.5) is 10.5 Å². The molecule has 0 aliphatic heterocycles. The van der Waals surface area contributed by atoms with E-state index in [4.69, 9.17) is 4.74 Å². The van der Waals surface area contributed by atoms with Gasteiger partial charge in [-0.1, -0.05) is 0 Å². The van der Waals surface area contributed by atoms with E-state index in [-0.39, 0.29) is 10.9 Å². The normalized spacial score (nSPS) is 9.82. The van der Waals surface area contributed by atoms with E-state index in [0.29, 0.717) is 10.6 Å². The Morgan fingerprint density at radius 1 is 1.47 bits per heavy atom. The molecule has 1 amide bonds. The first-order valence-electron chi connectivity index (χ1n) is 4.67. The van der Waals surface area contributed by atoms with Gasteiger partial charge in [-0.15, -0.1) is 0 Å². The van der Waals surface area contributed by atoms with Gasteiger partial charge in [0.2, 0.25) is 0 Å². The van der Waals surface area contributed by atoms with Gasteiger partial charge < -0.3 is 9.64 Å². The van der Waals surface area contributed by atoms with Gasteiger partial charge in [0.1, 0.15) is 5.75 Å². The maximum atomic E-state index is 11.5. The van der Waals surface area contributed by atoms with E-state index in [2.05, 4.69) is 0 Å². The van der Waals surface area contributed by atoms with Crippen molar-refractivity contribution in [3.8, 4) is 5.75 Å². The fourth-order valence-electron chi connectivity index (χ4n) is 1.04. The van der Waals surface area contributed by atoms with Crippen LogP contribution >= 0.6 is 11.8 Å². The lowest BCUT2D eigenvalue weighted by atomic mass is 10.3. The Bertz CT molecular complexity index is 448. The van der Waals surface area contributed by atoms with Gasteiger partial charge in [-0.05, 0) is 17.8 Å². The summed E-state index contributed by atoms with van der Waals surface area (Å²) in [4.78, 5) is 23.5. The number of rotatable bonds is 3. The number of nitro benzene ring substituents is 1. The first-order chi connectivity index (χ1) is 7.95. The number of carbonyl (C=O) groups is 1. The van der Waals surface area contributed by atoms with Crippen molar-refractivity contribution in [3.63, 3.8) is 0 Å². The van der Waals surface area contributed by atoms with E-state index in [0.717, 1.165) is 11.8 Å².